The first-order valence-corrected chi connectivity index (χ1v) is 7.95. The van der Waals surface area contributed by atoms with Gasteiger partial charge in [0.05, 0.1) is 0 Å². The van der Waals surface area contributed by atoms with E-state index in [0.29, 0.717) is 0 Å². The number of benzene rings is 1. The van der Waals surface area contributed by atoms with Crippen molar-refractivity contribution >= 4 is 28.9 Å². The Hall–Kier alpha value is -1.87. The maximum Gasteiger partial charge on any atom is 0.132 e. The van der Waals surface area contributed by atoms with Crippen molar-refractivity contribution < 1.29 is 4.79 Å². The van der Waals surface area contributed by atoms with Gasteiger partial charge in [-0.2, -0.15) is 0 Å². The number of hydrogen-bond acceptors (Lipinski definition) is 3. The summed E-state index contributed by atoms with van der Waals surface area (Å²) in [7, 11) is 1.92. The van der Waals surface area contributed by atoms with E-state index in [1.54, 1.807) is 18.3 Å². The molecule has 2 nitrogen and oxygen atoms in total. The highest BCUT2D eigenvalue weighted by Crippen LogP contribution is 2.30. The van der Waals surface area contributed by atoms with Gasteiger partial charge in [0.15, 0.2) is 0 Å². The van der Waals surface area contributed by atoms with E-state index in [9.17, 15) is 4.79 Å². The highest BCUT2D eigenvalue weighted by Gasteiger charge is 2.11. The molecule has 1 unspecified atom stereocenters. The van der Waals surface area contributed by atoms with Crippen LogP contribution in [-0.4, -0.2) is 12.8 Å². The quantitative estimate of drug-likeness (QED) is 0.824. The molecule has 0 amide bonds. The van der Waals surface area contributed by atoms with Crippen molar-refractivity contribution in [3.8, 4) is 11.1 Å². The number of carbonyl (C=O) groups is 1. The van der Waals surface area contributed by atoms with Gasteiger partial charge in [-0.1, -0.05) is 31.7 Å². The first kappa shape index (κ1) is 15.5. The number of Topliss-reactive ketones (excluding diaryl/α,β-unsaturated/α-hetero) is 1. The van der Waals surface area contributed by atoms with E-state index in [-0.39, 0.29) is 11.7 Å². The molecule has 1 aromatic heterocycles. The summed E-state index contributed by atoms with van der Waals surface area (Å²) in [6.45, 7) is 7.47. The van der Waals surface area contributed by atoms with Crippen LogP contribution in [0.1, 0.15) is 24.3 Å². The van der Waals surface area contributed by atoms with Gasteiger partial charge in [-0.15, -0.1) is 11.3 Å². The number of anilines is 1. The molecule has 0 saturated heterocycles. The van der Waals surface area contributed by atoms with Crippen LogP contribution < -0.4 is 5.32 Å². The molecule has 1 heterocycles. The van der Waals surface area contributed by atoms with Crippen molar-refractivity contribution in [2.45, 2.75) is 20.3 Å². The first-order chi connectivity index (χ1) is 10.0. The van der Waals surface area contributed by atoms with E-state index in [0.717, 1.165) is 17.7 Å². The van der Waals surface area contributed by atoms with Crippen molar-refractivity contribution in [1.82, 2.24) is 0 Å². The van der Waals surface area contributed by atoms with Gasteiger partial charge in [0.1, 0.15) is 5.78 Å². The Labute approximate surface area is 130 Å². The van der Waals surface area contributed by atoms with E-state index in [1.807, 2.05) is 20.0 Å². The minimum Gasteiger partial charge on any atom is -0.388 e. The number of thiophene rings is 1. The van der Waals surface area contributed by atoms with E-state index >= 15 is 0 Å². The van der Waals surface area contributed by atoms with Crippen molar-refractivity contribution in [2.24, 2.45) is 5.92 Å². The highest BCUT2D eigenvalue weighted by molar-refractivity contribution is 7.10. The zero-order valence-electron chi connectivity index (χ0n) is 12.8. The molecule has 3 heteroatoms. The minimum absolute atomic E-state index is 0.0903. The fourth-order valence-electron chi connectivity index (χ4n) is 2.21. The molecular weight excluding hydrogens is 278 g/mol. The van der Waals surface area contributed by atoms with Crippen LogP contribution in [0.2, 0.25) is 0 Å². The molecule has 2 rings (SSSR count). The minimum atomic E-state index is 0.0903. The summed E-state index contributed by atoms with van der Waals surface area (Å²) in [5.74, 6) is 0.338. The summed E-state index contributed by atoms with van der Waals surface area (Å²) >= 11 is 1.72. The average molecular weight is 299 g/mol. The molecule has 1 atom stereocenters. The van der Waals surface area contributed by atoms with Gasteiger partial charge in [0.25, 0.3) is 0 Å². The fraction of sp³-hybridized carbons (Fsp3) is 0.278. The second-order valence-corrected chi connectivity index (χ2v) is 6.27. The zero-order chi connectivity index (χ0) is 15.4. The number of nitrogens with one attached hydrogen (secondary N) is 1. The second kappa shape index (κ2) is 6.72. The molecule has 0 aliphatic heterocycles. The van der Waals surface area contributed by atoms with Crippen LogP contribution in [0.3, 0.4) is 0 Å². The van der Waals surface area contributed by atoms with Crippen LogP contribution in [0.5, 0.6) is 0 Å². The Morgan fingerprint density at radius 2 is 2.14 bits per heavy atom. The molecule has 0 aliphatic rings. The maximum absolute atomic E-state index is 11.4. The molecule has 2 aromatic rings. The molecule has 0 spiro atoms. The largest absolute Gasteiger partial charge is 0.388 e. The highest BCUT2D eigenvalue weighted by atomic mass is 32.1. The van der Waals surface area contributed by atoms with Gasteiger partial charge < -0.3 is 5.32 Å². The smallest absolute Gasteiger partial charge is 0.132 e. The monoisotopic (exact) mass is 299 g/mol. The first-order valence-electron chi connectivity index (χ1n) is 7.07. The summed E-state index contributed by atoms with van der Waals surface area (Å²) in [5.41, 5.74) is 4.56. The van der Waals surface area contributed by atoms with Crippen molar-refractivity contribution in [1.29, 1.82) is 0 Å². The lowest BCUT2D eigenvalue weighted by molar-refractivity contribution is -0.120. The lowest BCUT2D eigenvalue weighted by atomic mass is 10.0. The molecule has 0 radical (unpaired) electrons. The summed E-state index contributed by atoms with van der Waals surface area (Å²) in [4.78, 5) is 12.6. The fourth-order valence-corrected chi connectivity index (χ4v) is 3.24. The van der Waals surface area contributed by atoms with Crippen molar-refractivity contribution in [2.75, 3.05) is 12.4 Å². The van der Waals surface area contributed by atoms with Crippen LogP contribution in [0.4, 0.5) is 5.69 Å². The van der Waals surface area contributed by atoms with Crippen molar-refractivity contribution in [3.63, 3.8) is 0 Å². The van der Waals surface area contributed by atoms with Crippen molar-refractivity contribution in [3.05, 3.63) is 46.7 Å². The van der Waals surface area contributed by atoms with Gasteiger partial charge >= 0.3 is 0 Å². The number of hydrogen-bond donors (Lipinski definition) is 1. The zero-order valence-corrected chi connectivity index (χ0v) is 13.6. The van der Waals surface area contributed by atoms with Crippen LogP contribution in [0.25, 0.3) is 17.2 Å². The number of carbonyl (C=O) groups excluding carboxylic acids is 1. The topological polar surface area (TPSA) is 29.1 Å². The van der Waals surface area contributed by atoms with Gasteiger partial charge in [-0.3, -0.25) is 4.79 Å². The normalized spacial score (nSPS) is 12.0. The lowest BCUT2D eigenvalue weighted by Crippen LogP contribution is -2.08. The van der Waals surface area contributed by atoms with Gasteiger partial charge in [0.2, 0.25) is 0 Å². The third-order valence-electron chi connectivity index (χ3n) is 3.73. The average Bonchev–Trinajstić information content (AvgIpc) is 2.94. The lowest BCUT2D eigenvalue weighted by Gasteiger charge is -2.08. The molecule has 1 aromatic carbocycles. The molecule has 0 bridgehead atoms. The van der Waals surface area contributed by atoms with Gasteiger partial charge in [-0.25, -0.2) is 0 Å². The molecule has 21 heavy (non-hydrogen) atoms. The Morgan fingerprint density at radius 3 is 2.76 bits per heavy atom. The van der Waals surface area contributed by atoms with E-state index < -0.39 is 0 Å². The van der Waals surface area contributed by atoms with Gasteiger partial charge in [-0.05, 0) is 47.5 Å². The summed E-state index contributed by atoms with van der Waals surface area (Å²) < 4.78 is 0. The summed E-state index contributed by atoms with van der Waals surface area (Å²) in [6.07, 6.45) is 2.67. The Balaban J connectivity index is 2.25. The standard InChI is InChI=1S/C18H21NOS/c1-5-14-6-7-15(10-18(14)19-4)16-9-17(21-11-16)8-12(2)13(3)20/h5-7,9-12,19H,1,8H2,2-4H3. The predicted molar refractivity (Wildman–Crippen MR) is 92.9 cm³/mol. The molecular formula is C18H21NOS. The maximum atomic E-state index is 11.4. The van der Waals surface area contributed by atoms with Crippen LogP contribution >= 0.6 is 11.3 Å². The SMILES string of the molecule is C=Cc1ccc(-c2csc(CC(C)C(C)=O)c2)cc1NC. The molecule has 1 N–H and O–H groups in total. The van der Waals surface area contributed by atoms with Crippen LogP contribution in [0, 0.1) is 5.92 Å². The Bertz CT molecular complexity index is 657. The third-order valence-corrected chi connectivity index (χ3v) is 4.69. The van der Waals surface area contributed by atoms with E-state index in [2.05, 4.69) is 41.5 Å². The summed E-state index contributed by atoms with van der Waals surface area (Å²) in [6, 6.07) is 8.51. The molecule has 0 aliphatic carbocycles. The second-order valence-electron chi connectivity index (χ2n) is 5.27. The Morgan fingerprint density at radius 1 is 1.38 bits per heavy atom. The van der Waals surface area contributed by atoms with E-state index in [1.165, 1.54) is 16.0 Å². The molecule has 0 fully saturated rings. The molecule has 0 saturated carbocycles. The van der Waals surface area contributed by atoms with Crippen LogP contribution in [0.15, 0.2) is 36.2 Å². The van der Waals surface area contributed by atoms with E-state index in [4.69, 9.17) is 0 Å². The molecule has 110 valence electrons. The van der Waals surface area contributed by atoms with Crippen LogP contribution in [-0.2, 0) is 11.2 Å². The number of ketones is 1. The predicted octanol–water partition coefficient (Wildman–Crippen LogP) is 4.87. The van der Waals surface area contributed by atoms with Gasteiger partial charge in [0, 0.05) is 23.5 Å². The Kier molecular flexibility index (Phi) is 4.97. The third kappa shape index (κ3) is 3.61. The number of rotatable bonds is 6. The summed E-state index contributed by atoms with van der Waals surface area (Å²) in [5, 5.41) is 5.36.